The van der Waals surface area contributed by atoms with Gasteiger partial charge < -0.3 is 15.2 Å². The number of alkyl halides is 3. The van der Waals surface area contributed by atoms with Gasteiger partial charge in [0.1, 0.15) is 11.8 Å². The number of hydrogen-bond acceptors (Lipinski definition) is 6. The second-order valence-corrected chi connectivity index (χ2v) is 6.93. The molecule has 2 N–H and O–H groups in total. The van der Waals surface area contributed by atoms with Crippen LogP contribution in [0.2, 0.25) is 0 Å². The zero-order valence-electron chi connectivity index (χ0n) is 14.7. The highest BCUT2D eigenvalue weighted by molar-refractivity contribution is 7.99. The highest BCUT2D eigenvalue weighted by Crippen LogP contribution is 2.25. The predicted octanol–water partition coefficient (Wildman–Crippen LogP) is 1.90. The molecule has 0 aromatic carbocycles. The van der Waals surface area contributed by atoms with Crippen LogP contribution in [0.5, 0.6) is 0 Å². The number of aromatic nitrogens is 1. The summed E-state index contributed by atoms with van der Waals surface area (Å²) in [7, 11) is 0. The number of nitrogens with one attached hydrogen (secondary N) is 2. The highest BCUT2D eigenvalue weighted by Gasteiger charge is 2.43. The van der Waals surface area contributed by atoms with Gasteiger partial charge in [-0.3, -0.25) is 9.69 Å². The minimum Gasteiger partial charge on any atom is -0.361 e. The number of carbonyl (C=O) groups excluding carboxylic acids is 1. The van der Waals surface area contributed by atoms with Crippen LogP contribution in [0.15, 0.2) is 4.52 Å². The molecule has 26 heavy (non-hydrogen) atoms. The van der Waals surface area contributed by atoms with Gasteiger partial charge in [0.15, 0.2) is 0 Å². The third-order valence-corrected chi connectivity index (χ3v) is 5.08. The van der Waals surface area contributed by atoms with Crippen LogP contribution in [-0.2, 0) is 10.5 Å². The van der Waals surface area contributed by atoms with Crippen LogP contribution in [0.1, 0.15) is 17.0 Å². The van der Waals surface area contributed by atoms with Gasteiger partial charge in [0.05, 0.1) is 11.4 Å². The summed E-state index contributed by atoms with van der Waals surface area (Å²) in [6, 6.07) is -1.65. The first-order chi connectivity index (χ1) is 11.8. The van der Waals surface area contributed by atoms with Gasteiger partial charge in [-0.05, 0) is 13.8 Å². The number of carbonyl (C=O) groups is 1. The van der Waals surface area contributed by atoms with Crippen LogP contribution in [0.4, 0.5) is 13.2 Å². The summed E-state index contributed by atoms with van der Waals surface area (Å²) in [6.07, 6.45) is -4.37. The lowest BCUT2D eigenvalue weighted by atomic mass is 10.2. The molecule has 11 heteroatoms. The minimum atomic E-state index is -4.37. The molecule has 1 aliphatic heterocycles. The molecule has 0 bridgehead atoms. The number of amides is 1. The molecule has 150 valence electrons. The molecule has 0 radical (unpaired) electrons. The van der Waals surface area contributed by atoms with Crippen LogP contribution < -0.4 is 10.6 Å². The van der Waals surface area contributed by atoms with Crippen molar-refractivity contribution < 1.29 is 22.5 Å². The topological polar surface area (TPSA) is 70.4 Å². The number of rotatable bonds is 7. The molecule has 0 spiro atoms. The Labute approximate surface area is 161 Å². The molecule has 1 aromatic rings. The molecule has 1 aliphatic rings. The molecule has 6 nitrogen and oxygen atoms in total. The third-order valence-electron chi connectivity index (χ3n) is 4.12. The summed E-state index contributed by atoms with van der Waals surface area (Å²) in [5.41, 5.74) is 1.69. The van der Waals surface area contributed by atoms with E-state index in [0.29, 0.717) is 37.7 Å². The number of piperazine rings is 1. The number of halogens is 4. The van der Waals surface area contributed by atoms with Crippen molar-refractivity contribution in [3.63, 3.8) is 0 Å². The predicted molar refractivity (Wildman–Crippen MR) is 96.7 cm³/mol. The number of nitrogens with zero attached hydrogens (tertiary/aromatic N) is 2. The van der Waals surface area contributed by atoms with Crippen LogP contribution in [0, 0.1) is 13.8 Å². The fraction of sp³-hybridized carbons (Fsp3) is 0.733. The second-order valence-electron chi connectivity index (χ2n) is 5.94. The van der Waals surface area contributed by atoms with E-state index in [4.69, 9.17) is 4.52 Å². The Morgan fingerprint density at radius 3 is 2.58 bits per heavy atom. The van der Waals surface area contributed by atoms with Crippen molar-refractivity contribution in [3.05, 3.63) is 17.0 Å². The first-order valence-corrected chi connectivity index (χ1v) is 9.22. The molecule has 0 aliphatic carbocycles. The summed E-state index contributed by atoms with van der Waals surface area (Å²) < 4.78 is 44.8. The SMILES string of the molecule is Cc1noc(C)c1CSCC(=O)NCC(N1CCNCC1)C(F)(F)F.Cl. The van der Waals surface area contributed by atoms with E-state index in [2.05, 4.69) is 15.8 Å². The minimum absolute atomic E-state index is 0. The van der Waals surface area contributed by atoms with Gasteiger partial charge in [0.25, 0.3) is 0 Å². The Morgan fingerprint density at radius 1 is 1.38 bits per heavy atom. The van der Waals surface area contributed by atoms with Crippen molar-refractivity contribution in [2.24, 2.45) is 0 Å². The molecular weight excluding hydrogens is 393 g/mol. The summed E-state index contributed by atoms with van der Waals surface area (Å²) in [5, 5.41) is 9.27. The van der Waals surface area contributed by atoms with E-state index >= 15 is 0 Å². The lowest BCUT2D eigenvalue weighted by Crippen LogP contribution is -2.57. The van der Waals surface area contributed by atoms with E-state index in [9.17, 15) is 18.0 Å². The molecule has 2 rings (SSSR count). The van der Waals surface area contributed by atoms with Crippen molar-refractivity contribution in [1.82, 2.24) is 20.7 Å². The Bertz CT molecular complexity index is 560. The normalized spacial score (nSPS) is 16.8. The highest BCUT2D eigenvalue weighted by atomic mass is 35.5. The van der Waals surface area contributed by atoms with Crippen molar-refractivity contribution in [2.75, 3.05) is 38.5 Å². The van der Waals surface area contributed by atoms with Crippen LogP contribution in [0.25, 0.3) is 0 Å². The lowest BCUT2D eigenvalue weighted by molar-refractivity contribution is -0.183. The van der Waals surface area contributed by atoms with E-state index in [0.717, 1.165) is 11.3 Å². The Hall–Kier alpha value is -0.970. The molecule has 1 amide bonds. The van der Waals surface area contributed by atoms with E-state index < -0.39 is 24.7 Å². The van der Waals surface area contributed by atoms with E-state index in [1.165, 1.54) is 16.7 Å². The van der Waals surface area contributed by atoms with Crippen molar-refractivity contribution in [2.45, 2.75) is 31.8 Å². The maximum Gasteiger partial charge on any atom is 0.405 e. The van der Waals surface area contributed by atoms with E-state index in [1.807, 2.05) is 6.92 Å². The van der Waals surface area contributed by atoms with Crippen molar-refractivity contribution in [1.29, 1.82) is 0 Å². The first-order valence-electron chi connectivity index (χ1n) is 8.06. The van der Waals surface area contributed by atoms with Gasteiger partial charge in [0.2, 0.25) is 5.91 Å². The molecule has 1 unspecified atom stereocenters. The summed E-state index contributed by atoms with van der Waals surface area (Å²) >= 11 is 1.33. The molecule has 2 heterocycles. The quantitative estimate of drug-likeness (QED) is 0.707. The average Bonchev–Trinajstić information content (AvgIpc) is 2.86. The van der Waals surface area contributed by atoms with E-state index in [-0.39, 0.29) is 18.2 Å². The maximum atomic E-state index is 13.2. The Morgan fingerprint density at radius 2 is 2.04 bits per heavy atom. The van der Waals surface area contributed by atoms with Gasteiger partial charge >= 0.3 is 6.18 Å². The molecule has 1 atom stereocenters. The van der Waals surface area contributed by atoms with Gasteiger partial charge in [-0.15, -0.1) is 24.2 Å². The fourth-order valence-corrected chi connectivity index (χ4v) is 3.67. The molecule has 1 fully saturated rings. The van der Waals surface area contributed by atoms with Gasteiger partial charge in [-0.2, -0.15) is 13.2 Å². The van der Waals surface area contributed by atoms with Crippen LogP contribution in [-0.4, -0.2) is 66.7 Å². The Kier molecular flexibility index (Phi) is 9.22. The standard InChI is InChI=1S/C15H23F3N4O2S.ClH/c1-10-12(11(2)24-21-10)8-25-9-14(23)20-7-13(15(16,17)18)22-5-3-19-4-6-22;/h13,19H,3-9H2,1-2H3,(H,20,23);1H. The molecule has 1 saturated heterocycles. The van der Waals surface area contributed by atoms with Crippen molar-refractivity contribution >= 4 is 30.1 Å². The van der Waals surface area contributed by atoms with E-state index in [1.54, 1.807) is 6.92 Å². The maximum absolute atomic E-state index is 13.2. The molecule has 0 saturated carbocycles. The number of thioether (sulfide) groups is 1. The smallest absolute Gasteiger partial charge is 0.361 e. The summed E-state index contributed by atoms with van der Waals surface area (Å²) in [4.78, 5) is 13.3. The zero-order chi connectivity index (χ0) is 18.4. The first kappa shape index (κ1) is 23.1. The number of aryl methyl sites for hydroxylation is 2. The van der Waals surface area contributed by atoms with Crippen LogP contribution >= 0.6 is 24.2 Å². The fourth-order valence-electron chi connectivity index (χ4n) is 2.66. The van der Waals surface area contributed by atoms with Crippen LogP contribution in [0.3, 0.4) is 0 Å². The van der Waals surface area contributed by atoms with Gasteiger partial charge in [0, 0.05) is 44.0 Å². The largest absolute Gasteiger partial charge is 0.405 e. The van der Waals surface area contributed by atoms with Crippen molar-refractivity contribution in [3.8, 4) is 0 Å². The molecular formula is C15H24ClF3N4O2S. The van der Waals surface area contributed by atoms with Gasteiger partial charge in [-0.1, -0.05) is 5.16 Å². The third kappa shape index (κ3) is 6.64. The zero-order valence-corrected chi connectivity index (χ0v) is 16.3. The monoisotopic (exact) mass is 416 g/mol. The summed E-state index contributed by atoms with van der Waals surface area (Å²) in [6.45, 7) is 4.86. The number of hydrogen-bond donors (Lipinski definition) is 2. The second kappa shape index (κ2) is 10.4. The average molecular weight is 417 g/mol. The molecule has 1 aromatic heterocycles. The van der Waals surface area contributed by atoms with Gasteiger partial charge in [-0.25, -0.2) is 0 Å². The lowest BCUT2D eigenvalue weighted by Gasteiger charge is -2.35. The summed E-state index contributed by atoms with van der Waals surface area (Å²) in [5.74, 6) is 0.924. The Balaban J connectivity index is 0.00000338.